The maximum absolute atomic E-state index is 10.5. The summed E-state index contributed by atoms with van der Waals surface area (Å²) in [5.74, 6) is 0. The standard InChI is InChI=1S/C8H8N4O3S2/c1-11-5(4-13)2-9-7(11)17-8-10-3-6(16-8)12(14)15/h2-3,13H,4H2,1H3. The molecule has 2 rings (SSSR count). The molecule has 0 fully saturated rings. The summed E-state index contributed by atoms with van der Waals surface area (Å²) in [5.41, 5.74) is 0.679. The van der Waals surface area contributed by atoms with Crippen molar-refractivity contribution >= 4 is 28.1 Å². The van der Waals surface area contributed by atoms with Crippen LogP contribution in [0.2, 0.25) is 0 Å². The molecule has 9 heteroatoms. The first kappa shape index (κ1) is 12.0. The Morgan fingerprint density at radius 3 is 2.88 bits per heavy atom. The third-order valence-electron chi connectivity index (χ3n) is 2.03. The van der Waals surface area contributed by atoms with E-state index in [2.05, 4.69) is 9.97 Å². The highest BCUT2D eigenvalue weighted by Crippen LogP contribution is 2.33. The third-order valence-corrected chi connectivity index (χ3v) is 4.12. The van der Waals surface area contributed by atoms with E-state index >= 15 is 0 Å². The van der Waals surface area contributed by atoms with Crippen molar-refractivity contribution in [1.29, 1.82) is 0 Å². The van der Waals surface area contributed by atoms with Crippen LogP contribution in [0, 0.1) is 10.1 Å². The van der Waals surface area contributed by atoms with Gasteiger partial charge in [0.2, 0.25) is 0 Å². The molecule has 0 radical (unpaired) electrons. The number of hydrogen-bond donors (Lipinski definition) is 1. The van der Waals surface area contributed by atoms with Crippen molar-refractivity contribution in [3.63, 3.8) is 0 Å². The lowest BCUT2D eigenvalue weighted by atomic mass is 10.5. The molecule has 2 heterocycles. The van der Waals surface area contributed by atoms with Crippen LogP contribution < -0.4 is 0 Å². The molecule has 0 saturated heterocycles. The molecule has 0 spiro atoms. The van der Waals surface area contributed by atoms with Gasteiger partial charge in [0.1, 0.15) is 6.20 Å². The maximum Gasteiger partial charge on any atom is 0.344 e. The van der Waals surface area contributed by atoms with Crippen molar-refractivity contribution in [1.82, 2.24) is 14.5 Å². The molecule has 90 valence electrons. The molecular formula is C8H8N4O3S2. The molecule has 0 aromatic carbocycles. The molecule has 2 aromatic heterocycles. The summed E-state index contributed by atoms with van der Waals surface area (Å²) in [5, 5.41) is 20.1. The monoisotopic (exact) mass is 272 g/mol. The van der Waals surface area contributed by atoms with Crippen LogP contribution in [0.5, 0.6) is 0 Å². The van der Waals surface area contributed by atoms with E-state index in [9.17, 15) is 10.1 Å². The topological polar surface area (TPSA) is 94.1 Å². The van der Waals surface area contributed by atoms with Gasteiger partial charge in [0.15, 0.2) is 9.50 Å². The largest absolute Gasteiger partial charge is 0.390 e. The van der Waals surface area contributed by atoms with E-state index in [0.29, 0.717) is 15.2 Å². The van der Waals surface area contributed by atoms with Gasteiger partial charge in [0, 0.05) is 7.05 Å². The van der Waals surface area contributed by atoms with Crippen LogP contribution in [-0.2, 0) is 13.7 Å². The predicted molar refractivity (Wildman–Crippen MR) is 62.0 cm³/mol. The zero-order valence-electron chi connectivity index (χ0n) is 8.73. The lowest BCUT2D eigenvalue weighted by Gasteiger charge is -2.00. The summed E-state index contributed by atoms with van der Waals surface area (Å²) < 4.78 is 2.27. The van der Waals surface area contributed by atoms with Crippen LogP contribution in [-0.4, -0.2) is 24.6 Å². The molecule has 2 aromatic rings. The van der Waals surface area contributed by atoms with Crippen molar-refractivity contribution in [3.8, 4) is 0 Å². The minimum atomic E-state index is -0.473. The Kier molecular flexibility index (Phi) is 3.41. The summed E-state index contributed by atoms with van der Waals surface area (Å²) in [4.78, 5) is 18.1. The highest BCUT2D eigenvalue weighted by Gasteiger charge is 2.15. The Labute approximate surface area is 104 Å². The van der Waals surface area contributed by atoms with Gasteiger partial charge in [-0.1, -0.05) is 0 Å². The van der Waals surface area contributed by atoms with Gasteiger partial charge in [-0.15, -0.1) is 0 Å². The molecule has 0 bridgehead atoms. The fourth-order valence-electron chi connectivity index (χ4n) is 1.13. The average molecular weight is 272 g/mol. The van der Waals surface area contributed by atoms with Crippen LogP contribution in [0.25, 0.3) is 0 Å². The molecule has 0 aliphatic rings. The lowest BCUT2D eigenvalue weighted by molar-refractivity contribution is -0.380. The Hall–Kier alpha value is -1.45. The van der Waals surface area contributed by atoms with Gasteiger partial charge in [0.05, 0.1) is 23.4 Å². The summed E-state index contributed by atoms with van der Waals surface area (Å²) in [7, 11) is 1.77. The molecule has 7 nitrogen and oxygen atoms in total. The molecule has 1 N–H and O–H groups in total. The minimum absolute atomic E-state index is 0.00379. The van der Waals surface area contributed by atoms with Crippen molar-refractivity contribution in [2.45, 2.75) is 16.1 Å². The SMILES string of the molecule is Cn1c(CO)cnc1Sc1ncc([N+](=O)[O-])s1. The molecule has 0 aliphatic heterocycles. The zero-order chi connectivity index (χ0) is 12.4. The molecular weight excluding hydrogens is 264 g/mol. The maximum atomic E-state index is 10.5. The number of rotatable bonds is 4. The Morgan fingerprint density at radius 1 is 1.59 bits per heavy atom. The van der Waals surface area contributed by atoms with Gasteiger partial charge in [-0.3, -0.25) is 10.1 Å². The number of aliphatic hydroxyl groups is 1. The fraction of sp³-hybridized carbons (Fsp3) is 0.250. The van der Waals surface area contributed by atoms with E-state index in [1.54, 1.807) is 17.8 Å². The van der Waals surface area contributed by atoms with Crippen LogP contribution >= 0.6 is 23.1 Å². The van der Waals surface area contributed by atoms with Crippen LogP contribution in [0.4, 0.5) is 5.00 Å². The molecule has 0 unspecified atom stereocenters. The van der Waals surface area contributed by atoms with E-state index in [1.807, 2.05) is 0 Å². The van der Waals surface area contributed by atoms with Gasteiger partial charge in [-0.25, -0.2) is 9.97 Å². The first-order valence-electron chi connectivity index (χ1n) is 4.51. The average Bonchev–Trinajstić information content (AvgIpc) is 2.88. The number of nitro groups is 1. The van der Waals surface area contributed by atoms with Crippen molar-refractivity contribution in [2.75, 3.05) is 0 Å². The van der Waals surface area contributed by atoms with Gasteiger partial charge in [-0.2, -0.15) is 0 Å². The number of thiazole rings is 1. The fourth-order valence-corrected chi connectivity index (χ4v) is 2.86. The molecule has 0 aliphatic carbocycles. The van der Waals surface area contributed by atoms with Crippen LogP contribution in [0.1, 0.15) is 5.69 Å². The molecule has 0 amide bonds. The van der Waals surface area contributed by atoms with E-state index in [0.717, 1.165) is 11.3 Å². The number of imidazole rings is 1. The number of aromatic nitrogens is 3. The minimum Gasteiger partial charge on any atom is -0.390 e. The van der Waals surface area contributed by atoms with Gasteiger partial charge >= 0.3 is 5.00 Å². The quantitative estimate of drug-likeness (QED) is 0.668. The van der Waals surface area contributed by atoms with Gasteiger partial charge in [-0.05, 0) is 23.1 Å². The summed E-state index contributed by atoms with van der Waals surface area (Å²) in [6.07, 6.45) is 2.78. The second-order valence-electron chi connectivity index (χ2n) is 3.07. The van der Waals surface area contributed by atoms with Crippen LogP contribution in [0.15, 0.2) is 21.9 Å². The third kappa shape index (κ3) is 2.46. The first-order chi connectivity index (χ1) is 8.11. The second kappa shape index (κ2) is 4.82. The van der Waals surface area contributed by atoms with Crippen molar-refractivity contribution < 1.29 is 10.0 Å². The van der Waals surface area contributed by atoms with E-state index < -0.39 is 4.92 Å². The zero-order valence-corrected chi connectivity index (χ0v) is 10.4. The van der Waals surface area contributed by atoms with Gasteiger partial charge in [0.25, 0.3) is 0 Å². The van der Waals surface area contributed by atoms with Crippen molar-refractivity contribution in [3.05, 3.63) is 28.2 Å². The van der Waals surface area contributed by atoms with E-state index in [-0.39, 0.29) is 11.6 Å². The summed E-state index contributed by atoms with van der Waals surface area (Å²) in [6.45, 7) is -0.0952. The Balaban J connectivity index is 2.19. The predicted octanol–water partition coefficient (Wildman–Crippen LogP) is 1.43. The summed E-state index contributed by atoms with van der Waals surface area (Å²) in [6, 6.07) is 0. The number of nitrogens with zero attached hydrogens (tertiary/aromatic N) is 4. The molecule has 0 atom stereocenters. The molecule has 17 heavy (non-hydrogen) atoms. The summed E-state index contributed by atoms with van der Waals surface area (Å²) >= 11 is 2.23. The second-order valence-corrected chi connectivity index (χ2v) is 5.30. The Bertz CT molecular complexity index is 551. The highest BCUT2D eigenvalue weighted by atomic mass is 32.2. The first-order valence-corrected chi connectivity index (χ1v) is 6.14. The number of hydrogen-bond acceptors (Lipinski definition) is 7. The molecule has 0 saturated carbocycles. The normalized spacial score (nSPS) is 10.7. The van der Waals surface area contributed by atoms with E-state index in [1.165, 1.54) is 18.0 Å². The van der Waals surface area contributed by atoms with Crippen molar-refractivity contribution in [2.24, 2.45) is 7.05 Å². The number of aliphatic hydroxyl groups excluding tert-OH is 1. The lowest BCUT2D eigenvalue weighted by Crippen LogP contribution is -1.96. The smallest absolute Gasteiger partial charge is 0.344 e. The highest BCUT2D eigenvalue weighted by molar-refractivity contribution is 8.00. The van der Waals surface area contributed by atoms with Gasteiger partial charge < -0.3 is 9.67 Å². The van der Waals surface area contributed by atoms with E-state index in [4.69, 9.17) is 5.11 Å². The Morgan fingerprint density at radius 2 is 2.35 bits per heavy atom. The van der Waals surface area contributed by atoms with Crippen LogP contribution in [0.3, 0.4) is 0 Å².